The lowest BCUT2D eigenvalue weighted by Crippen LogP contribution is -2.40. The zero-order valence-electron chi connectivity index (χ0n) is 15.8. The highest BCUT2D eigenvalue weighted by atomic mass is 19.3. The van der Waals surface area contributed by atoms with Crippen molar-refractivity contribution in [1.82, 2.24) is 10.2 Å². The van der Waals surface area contributed by atoms with E-state index in [0.717, 1.165) is 32.5 Å². The number of ether oxygens (including phenoxy) is 1. The Morgan fingerprint density at radius 1 is 1.14 bits per heavy atom. The van der Waals surface area contributed by atoms with Crippen LogP contribution < -0.4 is 15.4 Å². The maximum Gasteiger partial charge on any atom is 0.387 e. The van der Waals surface area contributed by atoms with E-state index >= 15 is 0 Å². The monoisotopic (exact) mass is 389 g/mol. The summed E-state index contributed by atoms with van der Waals surface area (Å²) in [6.45, 7) is -0.376. The third-order valence-corrected chi connectivity index (χ3v) is 4.91. The van der Waals surface area contributed by atoms with Gasteiger partial charge in [0.2, 0.25) is 0 Å². The first-order valence-corrected chi connectivity index (χ1v) is 9.41. The number of hydrogen-bond donors (Lipinski definition) is 2. The molecular formula is C21H25F2N3O2. The van der Waals surface area contributed by atoms with E-state index in [-0.39, 0.29) is 11.7 Å². The predicted molar refractivity (Wildman–Crippen MR) is 105 cm³/mol. The Bertz CT molecular complexity index is 775. The van der Waals surface area contributed by atoms with Crippen molar-refractivity contribution in [3.63, 3.8) is 0 Å². The van der Waals surface area contributed by atoms with E-state index in [0.29, 0.717) is 22.9 Å². The molecule has 150 valence electrons. The number of nitrogens with one attached hydrogen (secondary N) is 2. The molecule has 1 amide bonds. The molecule has 5 nitrogen and oxygen atoms in total. The van der Waals surface area contributed by atoms with E-state index in [9.17, 15) is 13.6 Å². The maximum atomic E-state index is 13.0. The maximum absolute atomic E-state index is 13.0. The topological polar surface area (TPSA) is 53.6 Å². The normalized spacial score (nSPS) is 14.9. The van der Waals surface area contributed by atoms with Crippen LogP contribution in [-0.2, 0) is 0 Å². The van der Waals surface area contributed by atoms with Gasteiger partial charge in [-0.15, -0.1) is 0 Å². The molecule has 0 unspecified atom stereocenters. The van der Waals surface area contributed by atoms with Gasteiger partial charge in [0, 0.05) is 18.8 Å². The Hall–Kier alpha value is -2.67. The summed E-state index contributed by atoms with van der Waals surface area (Å²) in [6.07, 6.45) is 1.99. The molecule has 1 fully saturated rings. The van der Waals surface area contributed by atoms with Crippen molar-refractivity contribution in [3.05, 3.63) is 54.1 Å². The molecule has 2 N–H and O–H groups in total. The van der Waals surface area contributed by atoms with Gasteiger partial charge in [0.05, 0.1) is 11.3 Å². The zero-order valence-corrected chi connectivity index (χ0v) is 15.8. The van der Waals surface area contributed by atoms with Crippen LogP contribution in [0.5, 0.6) is 5.75 Å². The van der Waals surface area contributed by atoms with Crippen molar-refractivity contribution in [2.75, 3.05) is 32.0 Å². The molecule has 3 rings (SSSR count). The van der Waals surface area contributed by atoms with E-state index in [1.807, 2.05) is 30.1 Å². The molecule has 0 bridgehead atoms. The predicted octanol–water partition coefficient (Wildman–Crippen LogP) is 4.10. The molecule has 0 radical (unpaired) electrons. The first-order valence-electron chi connectivity index (χ1n) is 9.41. The van der Waals surface area contributed by atoms with Crippen molar-refractivity contribution < 1.29 is 18.3 Å². The molecule has 1 heterocycles. The van der Waals surface area contributed by atoms with Gasteiger partial charge in [0.15, 0.2) is 0 Å². The number of rotatable bonds is 7. The van der Waals surface area contributed by atoms with Gasteiger partial charge in [-0.1, -0.05) is 12.1 Å². The number of hydrogen-bond acceptors (Lipinski definition) is 4. The molecule has 1 saturated heterocycles. The van der Waals surface area contributed by atoms with Crippen LogP contribution in [0, 0.1) is 5.92 Å². The van der Waals surface area contributed by atoms with E-state index in [1.165, 1.54) is 12.1 Å². The highest BCUT2D eigenvalue weighted by Gasteiger charge is 2.24. The van der Waals surface area contributed by atoms with Crippen LogP contribution in [0.3, 0.4) is 0 Å². The lowest BCUT2D eigenvalue weighted by molar-refractivity contribution is -0.0498. The number of nitrogens with zero attached hydrogens (tertiary/aromatic N) is 1. The second-order valence-corrected chi connectivity index (χ2v) is 6.87. The zero-order chi connectivity index (χ0) is 19.9. The highest BCUT2D eigenvalue weighted by molar-refractivity contribution is 6.00. The molecule has 2 aromatic rings. The largest absolute Gasteiger partial charge is 0.435 e. The molecule has 1 aliphatic rings. The fourth-order valence-corrected chi connectivity index (χ4v) is 3.45. The van der Waals surface area contributed by atoms with Crippen molar-refractivity contribution in [2.24, 2.45) is 5.92 Å². The third kappa shape index (κ3) is 5.19. The quantitative estimate of drug-likeness (QED) is 0.749. The number of halogens is 2. The molecule has 2 aromatic carbocycles. The van der Waals surface area contributed by atoms with Gasteiger partial charge in [-0.25, -0.2) is 0 Å². The minimum atomic E-state index is -2.85. The number of carbonyl (C=O) groups is 1. The van der Waals surface area contributed by atoms with Crippen molar-refractivity contribution >= 4 is 17.3 Å². The van der Waals surface area contributed by atoms with Crippen molar-refractivity contribution in [1.29, 1.82) is 0 Å². The van der Waals surface area contributed by atoms with Crippen molar-refractivity contribution in [3.8, 4) is 5.75 Å². The number of amides is 1. The number of para-hydroxylation sites is 1. The fourth-order valence-electron chi connectivity index (χ4n) is 3.45. The summed E-state index contributed by atoms with van der Waals surface area (Å²) < 4.78 is 28.9. The average Bonchev–Trinajstić information content (AvgIpc) is 2.70. The number of carbonyl (C=O) groups excluding carboxylic acids is 1. The van der Waals surface area contributed by atoms with Gasteiger partial charge in [0.1, 0.15) is 5.75 Å². The molecule has 0 aromatic heterocycles. The van der Waals surface area contributed by atoms with Crippen molar-refractivity contribution in [2.45, 2.75) is 19.5 Å². The van der Waals surface area contributed by atoms with Gasteiger partial charge in [-0.2, -0.15) is 8.78 Å². The molecule has 28 heavy (non-hydrogen) atoms. The second kappa shape index (κ2) is 9.50. The minimum absolute atomic E-state index is 0.00339. The summed E-state index contributed by atoms with van der Waals surface area (Å²) in [4.78, 5) is 14.9. The Labute approximate surface area is 163 Å². The minimum Gasteiger partial charge on any atom is -0.435 e. The Morgan fingerprint density at radius 3 is 2.46 bits per heavy atom. The highest BCUT2D eigenvalue weighted by Crippen LogP contribution is 2.26. The number of likely N-dealkylation sites (tertiary alicyclic amines) is 1. The first kappa shape index (κ1) is 20.1. The smallest absolute Gasteiger partial charge is 0.387 e. The fraction of sp³-hybridized carbons (Fsp3) is 0.381. The molecule has 1 aliphatic heterocycles. The summed E-state index contributed by atoms with van der Waals surface area (Å²) >= 11 is 0. The SMILES string of the molecule is CNCC1CCN(C(=O)c2ccccc2Nc2ccc(OC(F)F)cc2)CC1. The second-order valence-electron chi connectivity index (χ2n) is 6.87. The lowest BCUT2D eigenvalue weighted by atomic mass is 9.96. The molecule has 0 aliphatic carbocycles. The summed E-state index contributed by atoms with van der Waals surface area (Å²) in [5.74, 6) is 0.703. The summed E-state index contributed by atoms with van der Waals surface area (Å²) in [7, 11) is 1.95. The number of benzene rings is 2. The van der Waals surface area contributed by atoms with E-state index < -0.39 is 6.61 Å². The lowest BCUT2D eigenvalue weighted by Gasteiger charge is -2.32. The van der Waals surface area contributed by atoms with Gasteiger partial charge in [-0.3, -0.25) is 4.79 Å². The van der Waals surface area contributed by atoms with Crippen LogP contribution in [0.2, 0.25) is 0 Å². The van der Waals surface area contributed by atoms with Gasteiger partial charge in [-0.05, 0) is 68.8 Å². The van der Waals surface area contributed by atoms with Crippen LogP contribution in [0.25, 0.3) is 0 Å². The van der Waals surface area contributed by atoms with Crippen LogP contribution in [0.4, 0.5) is 20.2 Å². The van der Waals surface area contributed by atoms with E-state index in [2.05, 4.69) is 15.4 Å². The van der Waals surface area contributed by atoms with E-state index in [1.54, 1.807) is 18.2 Å². The summed E-state index contributed by atoms with van der Waals surface area (Å²) in [5.41, 5.74) is 1.98. The third-order valence-electron chi connectivity index (χ3n) is 4.91. The standard InChI is InChI=1S/C21H25F2N3O2/c1-24-14-15-10-12-26(13-11-15)20(27)18-4-2-3-5-19(18)25-16-6-8-17(9-7-16)28-21(22)23/h2-9,15,21,24-25H,10-14H2,1H3. The Balaban J connectivity index is 1.68. The Morgan fingerprint density at radius 2 is 1.82 bits per heavy atom. The van der Waals surface area contributed by atoms with Crippen LogP contribution in [-0.4, -0.2) is 44.1 Å². The number of piperidine rings is 1. The van der Waals surface area contributed by atoms with Gasteiger partial charge in [0.25, 0.3) is 5.91 Å². The van der Waals surface area contributed by atoms with Gasteiger partial charge >= 0.3 is 6.61 Å². The molecule has 7 heteroatoms. The summed E-state index contributed by atoms with van der Waals surface area (Å²) in [6, 6.07) is 13.5. The van der Waals surface area contributed by atoms with E-state index in [4.69, 9.17) is 0 Å². The van der Waals surface area contributed by atoms with Gasteiger partial charge < -0.3 is 20.3 Å². The van der Waals surface area contributed by atoms with Crippen LogP contribution >= 0.6 is 0 Å². The molecular weight excluding hydrogens is 364 g/mol. The summed E-state index contributed by atoms with van der Waals surface area (Å²) in [5, 5.41) is 6.40. The molecule has 0 saturated carbocycles. The number of alkyl halides is 2. The van der Waals surface area contributed by atoms with Crippen LogP contribution in [0.15, 0.2) is 48.5 Å². The number of anilines is 2. The van der Waals surface area contributed by atoms with Crippen LogP contribution in [0.1, 0.15) is 23.2 Å². The Kier molecular flexibility index (Phi) is 6.81. The molecule has 0 atom stereocenters. The average molecular weight is 389 g/mol. The molecule has 0 spiro atoms. The first-order chi connectivity index (χ1) is 13.6.